The first-order chi connectivity index (χ1) is 7.72. The number of hydrogen-bond acceptors (Lipinski definition) is 3. The molecule has 0 saturated heterocycles. The van der Waals surface area contributed by atoms with E-state index in [0.29, 0.717) is 6.42 Å². The average molecular weight is 221 g/mol. The predicted molar refractivity (Wildman–Crippen MR) is 59.2 cm³/mol. The van der Waals surface area contributed by atoms with Crippen LogP contribution in [0.25, 0.3) is 0 Å². The van der Waals surface area contributed by atoms with Crippen molar-refractivity contribution in [1.82, 2.24) is 9.78 Å². The third-order valence-electron chi connectivity index (χ3n) is 2.69. The SMILES string of the molecule is Cc1cc2n(n1)CCCN2C(=O)CCC=O. The molecule has 0 aromatic carbocycles. The molecule has 5 heteroatoms. The topological polar surface area (TPSA) is 55.2 Å². The number of aldehydes is 1. The summed E-state index contributed by atoms with van der Waals surface area (Å²) in [5.41, 5.74) is 0.921. The van der Waals surface area contributed by atoms with Crippen LogP contribution in [-0.2, 0) is 16.1 Å². The Morgan fingerprint density at radius 2 is 2.38 bits per heavy atom. The second kappa shape index (κ2) is 4.47. The van der Waals surface area contributed by atoms with Crippen LogP contribution in [0.5, 0.6) is 0 Å². The Labute approximate surface area is 94.0 Å². The molecule has 0 unspecified atom stereocenters. The normalized spacial score (nSPS) is 14.7. The maximum atomic E-state index is 11.9. The van der Waals surface area contributed by atoms with E-state index in [4.69, 9.17) is 0 Å². The molecule has 0 fully saturated rings. The van der Waals surface area contributed by atoms with Gasteiger partial charge in [0.1, 0.15) is 12.1 Å². The third-order valence-corrected chi connectivity index (χ3v) is 2.69. The van der Waals surface area contributed by atoms with Gasteiger partial charge in [0.2, 0.25) is 5.91 Å². The molecule has 16 heavy (non-hydrogen) atoms. The zero-order valence-corrected chi connectivity index (χ0v) is 9.35. The Balaban J connectivity index is 2.17. The lowest BCUT2D eigenvalue weighted by Crippen LogP contribution is -2.37. The van der Waals surface area contributed by atoms with Gasteiger partial charge in [-0.05, 0) is 13.3 Å². The van der Waals surface area contributed by atoms with Crippen molar-refractivity contribution in [3.8, 4) is 0 Å². The maximum absolute atomic E-state index is 11.9. The Kier molecular flexibility index (Phi) is 3.03. The van der Waals surface area contributed by atoms with E-state index in [1.807, 2.05) is 17.7 Å². The van der Waals surface area contributed by atoms with Crippen LogP contribution < -0.4 is 4.90 Å². The van der Waals surface area contributed by atoms with Gasteiger partial charge in [-0.1, -0.05) is 0 Å². The van der Waals surface area contributed by atoms with Crippen molar-refractivity contribution in [3.63, 3.8) is 0 Å². The summed E-state index contributed by atoms with van der Waals surface area (Å²) in [5, 5.41) is 4.32. The Bertz CT molecular complexity index is 411. The Morgan fingerprint density at radius 1 is 1.56 bits per heavy atom. The lowest BCUT2D eigenvalue weighted by molar-refractivity contribution is -0.120. The molecule has 5 nitrogen and oxygen atoms in total. The summed E-state index contributed by atoms with van der Waals surface area (Å²) in [4.78, 5) is 23.8. The van der Waals surface area contributed by atoms with Crippen LogP contribution in [0.2, 0.25) is 0 Å². The van der Waals surface area contributed by atoms with Gasteiger partial charge in [-0.15, -0.1) is 0 Å². The fraction of sp³-hybridized carbons (Fsp3) is 0.545. The summed E-state index contributed by atoms with van der Waals surface area (Å²) in [6.07, 6.45) is 2.28. The molecule has 0 spiro atoms. The molecular formula is C11H15N3O2. The van der Waals surface area contributed by atoms with E-state index in [9.17, 15) is 9.59 Å². The molecule has 0 saturated carbocycles. The van der Waals surface area contributed by atoms with E-state index in [1.54, 1.807) is 4.90 Å². The highest BCUT2D eigenvalue weighted by Crippen LogP contribution is 2.22. The van der Waals surface area contributed by atoms with Crippen molar-refractivity contribution < 1.29 is 9.59 Å². The van der Waals surface area contributed by atoms with Crippen LogP contribution in [0.4, 0.5) is 5.82 Å². The highest BCUT2D eigenvalue weighted by atomic mass is 16.2. The number of aromatic nitrogens is 2. The smallest absolute Gasteiger partial charge is 0.228 e. The molecule has 1 aromatic rings. The number of fused-ring (bicyclic) bond motifs is 1. The van der Waals surface area contributed by atoms with E-state index in [2.05, 4.69) is 5.10 Å². The maximum Gasteiger partial charge on any atom is 0.228 e. The average Bonchev–Trinajstić information content (AvgIpc) is 2.65. The minimum absolute atomic E-state index is 0.00736. The van der Waals surface area contributed by atoms with Crippen LogP contribution in [0.1, 0.15) is 25.0 Å². The number of anilines is 1. The summed E-state index contributed by atoms with van der Waals surface area (Å²) in [5.74, 6) is 0.868. The monoisotopic (exact) mass is 221 g/mol. The quantitative estimate of drug-likeness (QED) is 0.713. The first-order valence-electron chi connectivity index (χ1n) is 5.51. The van der Waals surface area contributed by atoms with Gasteiger partial charge in [0, 0.05) is 32.0 Å². The molecule has 1 aliphatic rings. The highest BCUT2D eigenvalue weighted by Gasteiger charge is 2.23. The molecule has 1 aromatic heterocycles. The highest BCUT2D eigenvalue weighted by molar-refractivity contribution is 5.93. The summed E-state index contributed by atoms with van der Waals surface area (Å²) >= 11 is 0. The first-order valence-corrected chi connectivity index (χ1v) is 5.51. The molecule has 2 heterocycles. The lowest BCUT2D eigenvalue weighted by Gasteiger charge is -2.27. The van der Waals surface area contributed by atoms with Gasteiger partial charge in [-0.2, -0.15) is 5.10 Å². The van der Waals surface area contributed by atoms with Gasteiger partial charge < -0.3 is 4.79 Å². The number of carbonyl (C=O) groups is 2. The van der Waals surface area contributed by atoms with Gasteiger partial charge in [0.05, 0.1) is 5.69 Å². The standard InChI is InChI=1S/C11H15N3O2/c1-9-8-10-13(11(16)4-2-7-15)5-3-6-14(10)12-9/h7-8H,2-6H2,1H3. The lowest BCUT2D eigenvalue weighted by atomic mass is 10.2. The summed E-state index contributed by atoms with van der Waals surface area (Å²) in [6.45, 7) is 3.50. The van der Waals surface area contributed by atoms with Crippen molar-refractivity contribution in [2.45, 2.75) is 32.7 Å². The summed E-state index contributed by atoms with van der Waals surface area (Å²) in [6, 6.07) is 1.91. The van der Waals surface area contributed by atoms with Crippen LogP contribution in [0.3, 0.4) is 0 Å². The Morgan fingerprint density at radius 3 is 3.12 bits per heavy atom. The Hall–Kier alpha value is -1.65. The number of carbonyl (C=O) groups excluding carboxylic acids is 2. The van der Waals surface area contributed by atoms with Crippen molar-refractivity contribution in [2.24, 2.45) is 0 Å². The van der Waals surface area contributed by atoms with Crippen LogP contribution in [0.15, 0.2) is 6.07 Å². The minimum Gasteiger partial charge on any atom is -0.303 e. The molecular weight excluding hydrogens is 206 g/mol. The van der Waals surface area contributed by atoms with Crippen molar-refractivity contribution in [3.05, 3.63) is 11.8 Å². The molecule has 0 bridgehead atoms. The molecule has 0 atom stereocenters. The van der Waals surface area contributed by atoms with E-state index < -0.39 is 0 Å². The molecule has 86 valence electrons. The van der Waals surface area contributed by atoms with Crippen molar-refractivity contribution >= 4 is 18.0 Å². The van der Waals surface area contributed by atoms with E-state index >= 15 is 0 Å². The van der Waals surface area contributed by atoms with E-state index in [-0.39, 0.29) is 12.3 Å². The second-order valence-corrected chi connectivity index (χ2v) is 3.97. The largest absolute Gasteiger partial charge is 0.303 e. The fourth-order valence-corrected chi connectivity index (χ4v) is 1.98. The van der Waals surface area contributed by atoms with Gasteiger partial charge >= 0.3 is 0 Å². The van der Waals surface area contributed by atoms with Gasteiger partial charge in [0.25, 0.3) is 0 Å². The van der Waals surface area contributed by atoms with Gasteiger partial charge in [-0.25, -0.2) is 4.68 Å². The van der Waals surface area contributed by atoms with E-state index in [1.165, 1.54) is 0 Å². The first kappa shape index (κ1) is 10.9. The summed E-state index contributed by atoms with van der Waals surface area (Å²) < 4.78 is 1.86. The minimum atomic E-state index is 0.00736. The zero-order chi connectivity index (χ0) is 11.5. The van der Waals surface area contributed by atoms with Crippen LogP contribution in [-0.4, -0.2) is 28.5 Å². The predicted octanol–water partition coefficient (Wildman–Crippen LogP) is 0.907. The molecule has 1 aliphatic heterocycles. The number of amides is 1. The molecule has 0 N–H and O–H groups in total. The van der Waals surface area contributed by atoms with Gasteiger partial charge in [0.15, 0.2) is 0 Å². The second-order valence-electron chi connectivity index (χ2n) is 3.97. The van der Waals surface area contributed by atoms with Crippen molar-refractivity contribution in [2.75, 3.05) is 11.4 Å². The molecule has 2 rings (SSSR count). The number of rotatable bonds is 3. The molecule has 0 radical (unpaired) electrons. The van der Waals surface area contributed by atoms with Crippen LogP contribution >= 0.6 is 0 Å². The molecule has 1 amide bonds. The fourth-order valence-electron chi connectivity index (χ4n) is 1.98. The molecule has 0 aliphatic carbocycles. The summed E-state index contributed by atoms with van der Waals surface area (Å²) in [7, 11) is 0. The number of aryl methyl sites for hydroxylation is 2. The van der Waals surface area contributed by atoms with Gasteiger partial charge in [-0.3, -0.25) is 9.69 Å². The number of hydrogen-bond donors (Lipinski definition) is 0. The number of nitrogens with zero attached hydrogens (tertiary/aromatic N) is 3. The zero-order valence-electron chi connectivity index (χ0n) is 9.35. The van der Waals surface area contributed by atoms with Crippen molar-refractivity contribution in [1.29, 1.82) is 0 Å². The van der Waals surface area contributed by atoms with Crippen LogP contribution in [0, 0.1) is 6.92 Å². The van der Waals surface area contributed by atoms with E-state index in [0.717, 1.165) is 37.3 Å². The third kappa shape index (κ3) is 1.98.